The summed E-state index contributed by atoms with van der Waals surface area (Å²) in [6.45, 7) is 6.67. The minimum absolute atomic E-state index is 0.179. The van der Waals surface area contributed by atoms with E-state index in [0.29, 0.717) is 5.92 Å². The Hall–Kier alpha value is -1.69. The van der Waals surface area contributed by atoms with E-state index in [9.17, 15) is 4.79 Å². The summed E-state index contributed by atoms with van der Waals surface area (Å²) in [5, 5.41) is 0. The van der Waals surface area contributed by atoms with Gasteiger partial charge in [-0.2, -0.15) is 0 Å². The second-order valence-corrected chi connectivity index (χ2v) is 6.14. The molecule has 2 aliphatic heterocycles. The smallest absolute Gasteiger partial charge is 0.219 e. The fraction of sp³-hybridized carbons (Fsp3) is 0.688. The van der Waals surface area contributed by atoms with Crippen molar-refractivity contribution in [2.45, 2.75) is 26.2 Å². The van der Waals surface area contributed by atoms with Crippen molar-refractivity contribution in [3.05, 3.63) is 18.1 Å². The molecule has 1 amide bonds. The van der Waals surface area contributed by atoms with Crippen LogP contribution in [0.2, 0.25) is 0 Å². The third-order valence-electron chi connectivity index (χ3n) is 4.49. The van der Waals surface area contributed by atoms with E-state index in [4.69, 9.17) is 4.74 Å². The highest BCUT2D eigenvalue weighted by Gasteiger charge is 2.22. The summed E-state index contributed by atoms with van der Waals surface area (Å²) in [4.78, 5) is 24.8. The first-order valence-electron chi connectivity index (χ1n) is 8.11. The number of ether oxygens (including phenoxy) is 1. The van der Waals surface area contributed by atoms with Crippen molar-refractivity contribution >= 4 is 11.7 Å². The number of likely N-dealkylation sites (tertiary alicyclic amines) is 1. The molecule has 0 radical (unpaired) electrons. The minimum atomic E-state index is 0.179. The van der Waals surface area contributed by atoms with Crippen LogP contribution in [0.3, 0.4) is 0 Å². The topological polar surface area (TPSA) is 58.6 Å². The maximum Gasteiger partial charge on any atom is 0.219 e. The molecule has 1 atom stereocenters. The maximum absolute atomic E-state index is 11.5. The van der Waals surface area contributed by atoms with Gasteiger partial charge < -0.3 is 14.5 Å². The molecule has 6 nitrogen and oxygen atoms in total. The SMILES string of the molecule is CC(=O)N1CCC[C@@H](Cc2cnc(N3CCOCC3)cn2)C1. The Morgan fingerprint density at radius 2 is 2.09 bits per heavy atom. The van der Waals surface area contributed by atoms with Crippen LogP contribution in [0, 0.1) is 5.92 Å². The number of hydrogen-bond acceptors (Lipinski definition) is 5. The zero-order valence-electron chi connectivity index (χ0n) is 13.2. The van der Waals surface area contributed by atoms with E-state index in [1.165, 1.54) is 0 Å². The summed E-state index contributed by atoms with van der Waals surface area (Å²) in [7, 11) is 0. The van der Waals surface area contributed by atoms with Crippen LogP contribution in [-0.4, -0.2) is 60.2 Å². The highest BCUT2D eigenvalue weighted by atomic mass is 16.5. The Balaban J connectivity index is 1.57. The van der Waals surface area contributed by atoms with Gasteiger partial charge in [0.2, 0.25) is 5.91 Å². The molecule has 3 heterocycles. The fourth-order valence-corrected chi connectivity index (χ4v) is 3.22. The standard InChI is InChI=1S/C16H24N4O2/c1-13(21)20-4-2-3-14(12-20)9-15-10-18-16(11-17-15)19-5-7-22-8-6-19/h10-11,14H,2-9,12H2,1H3/t14-/m0/s1. The van der Waals surface area contributed by atoms with Crippen LogP contribution in [0.4, 0.5) is 5.82 Å². The van der Waals surface area contributed by atoms with E-state index in [2.05, 4.69) is 14.9 Å². The Morgan fingerprint density at radius 1 is 1.27 bits per heavy atom. The number of morpholine rings is 1. The van der Waals surface area contributed by atoms with Crippen molar-refractivity contribution in [1.82, 2.24) is 14.9 Å². The summed E-state index contributed by atoms with van der Waals surface area (Å²) >= 11 is 0. The Labute approximate surface area is 131 Å². The lowest BCUT2D eigenvalue weighted by Crippen LogP contribution is -2.39. The molecule has 2 saturated heterocycles. The third-order valence-corrected chi connectivity index (χ3v) is 4.49. The highest BCUT2D eigenvalue weighted by Crippen LogP contribution is 2.20. The van der Waals surface area contributed by atoms with Crippen molar-refractivity contribution in [2.75, 3.05) is 44.3 Å². The fourth-order valence-electron chi connectivity index (χ4n) is 3.22. The second-order valence-electron chi connectivity index (χ2n) is 6.14. The van der Waals surface area contributed by atoms with E-state index in [1.54, 1.807) is 6.92 Å². The van der Waals surface area contributed by atoms with E-state index < -0.39 is 0 Å². The molecular weight excluding hydrogens is 280 g/mol. The van der Waals surface area contributed by atoms with Gasteiger partial charge >= 0.3 is 0 Å². The Bertz CT molecular complexity index is 499. The van der Waals surface area contributed by atoms with Gasteiger partial charge in [0.25, 0.3) is 0 Å². The van der Waals surface area contributed by atoms with Gasteiger partial charge in [-0.25, -0.2) is 4.98 Å². The average molecular weight is 304 g/mol. The molecule has 2 aliphatic rings. The largest absolute Gasteiger partial charge is 0.378 e. The van der Waals surface area contributed by atoms with Crippen LogP contribution in [0.25, 0.3) is 0 Å². The van der Waals surface area contributed by atoms with Crippen molar-refractivity contribution in [3.63, 3.8) is 0 Å². The van der Waals surface area contributed by atoms with Crippen molar-refractivity contribution in [3.8, 4) is 0 Å². The molecule has 0 aliphatic carbocycles. The molecule has 3 rings (SSSR count). The number of aromatic nitrogens is 2. The van der Waals surface area contributed by atoms with Crippen LogP contribution < -0.4 is 4.90 Å². The quantitative estimate of drug-likeness (QED) is 0.837. The van der Waals surface area contributed by atoms with Gasteiger partial charge in [0.05, 0.1) is 31.3 Å². The Morgan fingerprint density at radius 3 is 2.77 bits per heavy atom. The van der Waals surface area contributed by atoms with Crippen LogP contribution >= 0.6 is 0 Å². The first-order valence-corrected chi connectivity index (χ1v) is 8.11. The molecule has 0 spiro atoms. The zero-order valence-corrected chi connectivity index (χ0v) is 13.2. The number of nitrogens with zero attached hydrogens (tertiary/aromatic N) is 4. The number of hydrogen-bond donors (Lipinski definition) is 0. The molecule has 1 aromatic heterocycles. The second kappa shape index (κ2) is 7.05. The number of rotatable bonds is 3. The Kier molecular flexibility index (Phi) is 4.87. The van der Waals surface area contributed by atoms with E-state index in [-0.39, 0.29) is 5.91 Å². The normalized spacial score (nSPS) is 22.7. The molecule has 0 saturated carbocycles. The third kappa shape index (κ3) is 3.74. The highest BCUT2D eigenvalue weighted by molar-refractivity contribution is 5.73. The van der Waals surface area contributed by atoms with Gasteiger partial charge in [0.15, 0.2) is 0 Å². The summed E-state index contributed by atoms with van der Waals surface area (Å²) in [5.74, 6) is 1.61. The predicted molar refractivity (Wildman–Crippen MR) is 83.7 cm³/mol. The van der Waals surface area contributed by atoms with Gasteiger partial charge in [0, 0.05) is 33.1 Å². The molecule has 0 N–H and O–H groups in total. The summed E-state index contributed by atoms with van der Waals surface area (Å²) in [6.07, 6.45) is 6.91. The zero-order chi connectivity index (χ0) is 15.4. The van der Waals surface area contributed by atoms with E-state index in [0.717, 1.165) is 70.2 Å². The van der Waals surface area contributed by atoms with Crippen LogP contribution in [0.15, 0.2) is 12.4 Å². The molecule has 1 aromatic rings. The van der Waals surface area contributed by atoms with Crippen LogP contribution in [0.1, 0.15) is 25.5 Å². The first-order chi connectivity index (χ1) is 10.7. The minimum Gasteiger partial charge on any atom is -0.378 e. The van der Waals surface area contributed by atoms with Gasteiger partial charge in [0.1, 0.15) is 5.82 Å². The molecule has 0 unspecified atom stereocenters. The van der Waals surface area contributed by atoms with Gasteiger partial charge in [-0.3, -0.25) is 9.78 Å². The van der Waals surface area contributed by atoms with E-state index in [1.807, 2.05) is 17.3 Å². The molecule has 6 heteroatoms. The van der Waals surface area contributed by atoms with Gasteiger partial charge in [-0.15, -0.1) is 0 Å². The summed E-state index contributed by atoms with van der Waals surface area (Å²) in [5.41, 5.74) is 1.02. The predicted octanol–water partition coefficient (Wildman–Crippen LogP) is 1.11. The molecule has 0 bridgehead atoms. The van der Waals surface area contributed by atoms with Crippen molar-refractivity contribution < 1.29 is 9.53 Å². The maximum atomic E-state index is 11.5. The van der Waals surface area contributed by atoms with E-state index >= 15 is 0 Å². The number of piperidine rings is 1. The number of amides is 1. The lowest BCUT2D eigenvalue weighted by atomic mass is 9.93. The molecule has 0 aromatic carbocycles. The molecule has 2 fully saturated rings. The first kappa shape index (κ1) is 15.2. The van der Waals surface area contributed by atoms with Crippen molar-refractivity contribution in [1.29, 1.82) is 0 Å². The molecule has 22 heavy (non-hydrogen) atoms. The van der Waals surface area contributed by atoms with Crippen LogP contribution in [0.5, 0.6) is 0 Å². The van der Waals surface area contributed by atoms with Gasteiger partial charge in [-0.05, 0) is 25.2 Å². The van der Waals surface area contributed by atoms with Gasteiger partial charge in [-0.1, -0.05) is 0 Å². The number of anilines is 1. The number of carbonyl (C=O) groups is 1. The van der Waals surface area contributed by atoms with Crippen molar-refractivity contribution in [2.24, 2.45) is 5.92 Å². The summed E-state index contributed by atoms with van der Waals surface area (Å²) in [6, 6.07) is 0. The molecule has 120 valence electrons. The molecular formula is C16H24N4O2. The lowest BCUT2D eigenvalue weighted by Gasteiger charge is -2.32. The van der Waals surface area contributed by atoms with Crippen LogP contribution in [-0.2, 0) is 16.0 Å². The summed E-state index contributed by atoms with van der Waals surface area (Å²) < 4.78 is 5.35. The lowest BCUT2D eigenvalue weighted by molar-refractivity contribution is -0.130. The number of carbonyl (C=O) groups excluding carboxylic acids is 1. The average Bonchev–Trinajstić information content (AvgIpc) is 2.56. The monoisotopic (exact) mass is 304 g/mol.